The van der Waals surface area contributed by atoms with Gasteiger partial charge in [0.05, 0.1) is 6.61 Å². The highest BCUT2D eigenvalue weighted by molar-refractivity contribution is 7.99. The van der Waals surface area contributed by atoms with Gasteiger partial charge in [-0.3, -0.25) is 0 Å². The molecule has 0 unspecified atom stereocenters. The Hall–Kier alpha value is -0.580. The molecule has 2 N–H and O–H groups in total. The van der Waals surface area contributed by atoms with Crippen molar-refractivity contribution in [2.24, 2.45) is 5.73 Å². The van der Waals surface area contributed by atoms with Crippen molar-refractivity contribution in [1.29, 1.82) is 0 Å². The predicted octanol–water partition coefficient (Wildman–Crippen LogP) is 2.07. The molecule has 0 aliphatic rings. The fourth-order valence-electron chi connectivity index (χ4n) is 1.26. The van der Waals surface area contributed by atoms with E-state index in [4.69, 9.17) is 10.5 Å². The highest BCUT2D eigenvalue weighted by Crippen LogP contribution is 2.21. The molecule has 0 aliphatic heterocycles. The fraction of sp³-hybridized carbons (Fsp3) is 0.455. The largest absolute Gasteiger partial charge is 0.384 e. The van der Waals surface area contributed by atoms with E-state index in [-0.39, 0.29) is 5.82 Å². The highest BCUT2D eigenvalue weighted by Gasteiger charge is 2.01. The van der Waals surface area contributed by atoms with E-state index in [1.807, 2.05) is 6.07 Å². The molecule has 0 atom stereocenters. The van der Waals surface area contributed by atoms with Gasteiger partial charge in [0, 0.05) is 17.8 Å². The normalized spacial score (nSPS) is 10.6. The lowest BCUT2D eigenvalue weighted by atomic mass is 10.1. The molecule has 0 bridgehead atoms. The molecule has 15 heavy (non-hydrogen) atoms. The van der Waals surface area contributed by atoms with Gasteiger partial charge in [0.1, 0.15) is 5.82 Å². The summed E-state index contributed by atoms with van der Waals surface area (Å²) in [7, 11) is 1.66. The van der Waals surface area contributed by atoms with Crippen LogP contribution in [0.5, 0.6) is 0 Å². The first-order chi connectivity index (χ1) is 7.26. The van der Waals surface area contributed by atoms with Crippen LogP contribution >= 0.6 is 11.8 Å². The van der Waals surface area contributed by atoms with Crippen LogP contribution in [0.1, 0.15) is 5.56 Å². The van der Waals surface area contributed by atoms with E-state index in [2.05, 4.69) is 0 Å². The van der Waals surface area contributed by atoms with E-state index < -0.39 is 0 Å². The average molecular weight is 229 g/mol. The third-order valence-electron chi connectivity index (χ3n) is 1.92. The first-order valence-corrected chi connectivity index (χ1v) is 5.86. The summed E-state index contributed by atoms with van der Waals surface area (Å²) in [6.45, 7) is 1.22. The molecular weight excluding hydrogens is 213 g/mol. The fourth-order valence-corrected chi connectivity index (χ4v) is 2.17. The summed E-state index contributed by atoms with van der Waals surface area (Å²) < 4.78 is 18.1. The molecule has 2 nitrogen and oxygen atoms in total. The molecule has 0 spiro atoms. The van der Waals surface area contributed by atoms with Crippen molar-refractivity contribution >= 4 is 11.8 Å². The van der Waals surface area contributed by atoms with Gasteiger partial charge in [-0.2, -0.15) is 0 Å². The molecule has 1 rings (SSSR count). The summed E-state index contributed by atoms with van der Waals surface area (Å²) in [5.41, 5.74) is 6.39. The van der Waals surface area contributed by atoms with Gasteiger partial charge in [-0.25, -0.2) is 4.39 Å². The Morgan fingerprint density at radius 2 is 2.20 bits per heavy atom. The van der Waals surface area contributed by atoms with Crippen LogP contribution in [0, 0.1) is 5.82 Å². The summed E-state index contributed by atoms with van der Waals surface area (Å²) in [5, 5.41) is 0. The van der Waals surface area contributed by atoms with Crippen LogP contribution in [0.2, 0.25) is 0 Å². The van der Waals surface area contributed by atoms with Crippen molar-refractivity contribution in [3.05, 3.63) is 29.6 Å². The quantitative estimate of drug-likeness (QED) is 0.599. The lowest BCUT2D eigenvalue weighted by Crippen LogP contribution is -2.03. The number of halogens is 1. The van der Waals surface area contributed by atoms with Crippen molar-refractivity contribution in [3.8, 4) is 0 Å². The third kappa shape index (κ3) is 4.64. The standard InChI is InChI=1S/C11H16FNOS/c1-14-4-5-15-11-7-9(2-3-13)6-10(12)8-11/h6-8H,2-5,13H2,1H3. The summed E-state index contributed by atoms with van der Waals surface area (Å²) in [6.07, 6.45) is 0.718. The summed E-state index contributed by atoms with van der Waals surface area (Å²) in [6, 6.07) is 5.06. The van der Waals surface area contributed by atoms with Crippen LogP contribution in [0.25, 0.3) is 0 Å². The summed E-state index contributed by atoms with van der Waals surface area (Å²) in [4.78, 5) is 0.940. The molecule has 0 fully saturated rings. The Kier molecular flexibility index (Phi) is 5.68. The molecular formula is C11H16FNOS. The van der Waals surface area contributed by atoms with Crippen molar-refractivity contribution < 1.29 is 9.13 Å². The monoisotopic (exact) mass is 229 g/mol. The van der Waals surface area contributed by atoms with Gasteiger partial charge in [0.2, 0.25) is 0 Å². The van der Waals surface area contributed by atoms with E-state index in [0.717, 1.165) is 22.6 Å². The van der Waals surface area contributed by atoms with E-state index in [0.29, 0.717) is 13.2 Å². The lowest BCUT2D eigenvalue weighted by molar-refractivity contribution is 0.218. The number of nitrogens with two attached hydrogens (primary N) is 1. The molecule has 0 saturated heterocycles. The summed E-state index contributed by atoms with van der Waals surface area (Å²) in [5.74, 6) is 0.642. The smallest absolute Gasteiger partial charge is 0.124 e. The van der Waals surface area contributed by atoms with Crippen LogP contribution in [-0.2, 0) is 11.2 Å². The van der Waals surface area contributed by atoms with Gasteiger partial charge in [0.25, 0.3) is 0 Å². The van der Waals surface area contributed by atoms with Crippen molar-refractivity contribution in [3.63, 3.8) is 0 Å². The van der Waals surface area contributed by atoms with Crippen LogP contribution < -0.4 is 5.73 Å². The van der Waals surface area contributed by atoms with E-state index in [1.165, 1.54) is 6.07 Å². The molecule has 0 aliphatic carbocycles. The molecule has 0 aromatic heterocycles. The Labute approximate surface area is 94.0 Å². The predicted molar refractivity (Wildman–Crippen MR) is 61.8 cm³/mol. The van der Waals surface area contributed by atoms with Crippen LogP contribution in [0.4, 0.5) is 4.39 Å². The topological polar surface area (TPSA) is 35.2 Å². The molecule has 0 amide bonds. The number of benzene rings is 1. The molecule has 84 valence electrons. The maximum Gasteiger partial charge on any atom is 0.124 e. The molecule has 4 heteroatoms. The zero-order valence-electron chi connectivity index (χ0n) is 8.83. The van der Waals surface area contributed by atoms with Crippen molar-refractivity contribution in [2.75, 3.05) is 26.0 Å². The Morgan fingerprint density at radius 3 is 2.87 bits per heavy atom. The average Bonchev–Trinajstić information content (AvgIpc) is 2.18. The second kappa shape index (κ2) is 6.82. The van der Waals surface area contributed by atoms with E-state index in [1.54, 1.807) is 24.9 Å². The zero-order chi connectivity index (χ0) is 11.1. The number of ether oxygens (including phenoxy) is 1. The number of hydrogen-bond acceptors (Lipinski definition) is 3. The van der Waals surface area contributed by atoms with Gasteiger partial charge in [-0.1, -0.05) is 0 Å². The van der Waals surface area contributed by atoms with Crippen molar-refractivity contribution in [1.82, 2.24) is 0 Å². The third-order valence-corrected chi connectivity index (χ3v) is 2.86. The first-order valence-electron chi connectivity index (χ1n) is 4.87. The number of methoxy groups -OCH3 is 1. The molecule has 1 aromatic carbocycles. The highest BCUT2D eigenvalue weighted by atomic mass is 32.2. The first kappa shape index (κ1) is 12.5. The van der Waals surface area contributed by atoms with E-state index in [9.17, 15) is 4.39 Å². The van der Waals surface area contributed by atoms with Gasteiger partial charge in [-0.05, 0) is 36.7 Å². The van der Waals surface area contributed by atoms with Crippen LogP contribution in [-0.4, -0.2) is 26.0 Å². The van der Waals surface area contributed by atoms with Gasteiger partial charge in [0.15, 0.2) is 0 Å². The lowest BCUT2D eigenvalue weighted by Gasteiger charge is -2.05. The number of hydrogen-bond donors (Lipinski definition) is 1. The van der Waals surface area contributed by atoms with Gasteiger partial charge < -0.3 is 10.5 Å². The van der Waals surface area contributed by atoms with Crippen molar-refractivity contribution in [2.45, 2.75) is 11.3 Å². The van der Waals surface area contributed by atoms with Gasteiger partial charge in [-0.15, -0.1) is 11.8 Å². The molecule has 1 aromatic rings. The van der Waals surface area contributed by atoms with Gasteiger partial charge >= 0.3 is 0 Å². The molecule has 0 heterocycles. The minimum Gasteiger partial charge on any atom is -0.384 e. The molecule has 0 radical (unpaired) electrons. The zero-order valence-corrected chi connectivity index (χ0v) is 9.65. The minimum absolute atomic E-state index is 0.194. The maximum absolute atomic E-state index is 13.2. The number of rotatable bonds is 6. The van der Waals surface area contributed by atoms with Crippen LogP contribution in [0.3, 0.4) is 0 Å². The Bertz CT molecular complexity index is 307. The second-order valence-corrected chi connectivity index (χ2v) is 4.34. The SMILES string of the molecule is COCCSc1cc(F)cc(CCN)c1. The van der Waals surface area contributed by atoms with E-state index >= 15 is 0 Å². The van der Waals surface area contributed by atoms with Crippen LogP contribution in [0.15, 0.2) is 23.1 Å². The number of thioether (sulfide) groups is 1. The Morgan fingerprint density at radius 1 is 1.40 bits per heavy atom. The second-order valence-electron chi connectivity index (χ2n) is 3.18. The summed E-state index contributed by atoms with van der Waals surface area (Å²) >= 11 is 1.59. The molecule has 0 saturated carbocycles. The maximum atomic E-state index is 13.2. The minimum atomic E-state index is -0.194. The Balaban J connectivity index is 2.62.